The fourth-order valence-corrected chi connectivity index (χ4v) is 10.5. The number of amides is 2. The molecule has 3 unspecified atom stereocenters. The minimum absolute atomic E-state index is 0.172. The number of benzene rings is 5. The molecular weight excluding hydrogens is 801 g/mol. The summed E-state index contributed by atoms with van der Waals surface area (Å²) in [6, 6.07) is 42.4. The number of nitrogens with one attached hydrogen (secondary N) is 1. The lowest BCUT2D eigenvalue weighted by Crippen LogP contribution is -2.57. The fraction of sp³-hybridized carbons (Fsp3) is 0.389. The quantitative estimate of drug-likeness (QED) is 0.0633. The molecule has 9 rings (SSSR count). The number of aryl methyl sites for hydroxylation is 1. The second-order valence-corrected chi connectivity index (χ2v) is 18.1. The van der Waals surface area contributed by atoms with Crippen LogP contribution in [0.2, 0.25) is 0 Å². The zero-order valence-electron chi connectivity index (χ0n) is 37.0. The molecule has 332 valence electrons. The van der Waals surface area contributed by atoms with Crippen LogP contribution in [0.3, 0.4) is 0 Å². The lowest BCUT2D eigenvalue weighted by atomic mass is 9.69. The van der Waals surface area contributed by atoms with Crippen LogP contribution >= 0.6 is 0 Å². The molecule has 10 heteroatoms. The van der Waals surface area contributed by atoms with E-state index in [0.717, 1.165) is 100 Å². The summed E-state index contributed by atoms with van der Waals surface area (Å²) in [7, 11) is 1.87. The number of carbonyl (C=O) groups excluding carboxylic acids is 3. The van der Waals surface area contributed by atoms with Gasteiger partial charge in [0, 0.05) is 62.9 Å². The molecule has 3 fully saturated rings. The molecule has 10 nitrogen and oxygen atoms in total. The monoisotopic (exact) mass is 860 g/mol. The first-order valence-electron chi connectivity index (χ1n) is 23.1. The summed E-state index contributed by atoms with van der Waals surface area (Å²) in [5.41, 5.74) is 9.00. The number of morpholine rings is 1. The molecule has 0 radical (unpaired) electrons. The third-order valence-electron chi connectivity index (χ3n) is 14.0. The van der Waals surface area contributed by atoms with Crippen LogP contribution in [0.4, 0.5) is 5.69 Å². The van der Waals surface area contributed by atoms with Crippen molar-refractivity contribution in [1.29, 1.82) is 0 Å². The maximum atomic E-state index is 12.5. The van der Waals surface area contributed by atoms with E-state index in [1.165, 1.54) is 27.8 Å². The van der Waals surface area contributed by atoms with Crippen molar-refractivity contribution in [2.24, 2.45) is 0 Å². The number of imide groups is 1. The van der Waals surface area contributed by atoms with Crippen LogP contribution in [0.15, 0.2) is 121 Å². The number of aldehydes is 1. The summed E-state index contributed by atoms with van der Waals surface area (Å²) < 4.78 is 19.1. The fourth-order valence-electron chi connectivity index (χ4n) is 10.5. The molecule has 2 amide bonds. The maximum absolute atomic E-state index is 12.5. The van der Waals surface area contributed by atoms with Gasteiger partial charge in [0.25, 0.3) is 0 Å². The molecule has 3 heterocycles. The van der Waals surface area contributed by atoms with Gasteiger partial charge >= 0.3 is 0 Å². The number of nitrogens with zero attached hydrogens (tertiary/aromatic N) is 3. The molecule has 5 aromatic carbocycles. The van der Waals surface area contributed by atoms with Gasteiger partial charge in [0.1, 0.15) is 24.4 Å². The average molecular weight is 861 g/mol. The van der Waals surface area contributed by atoms with E-state index in [0.29, 0.717) is 44.1 Å². The van der Waals surface area contributed by atoms with Crippen molar-refractivity contribution in [3.05, 3.63) is 160 Å². The molecule has 1 spiro atoms. The van der Waals surface area contributed by atoms with E-state index in [1.807, 2.05) is 30.1 Å². The Morgan fingerprint density at radius 3 is 2.34 bits per heavy atom. The van der Waals surface area contributed by atoms with E-state index in [1.54, 1.807) is 0 Å². The van der Waals surface area contributed by atoms with Gasteiger partial charge in [-0.15, -0.1) is 0 Å². The van der Waals surface area contributed by atoms with Crippen LogP contribution < -0.4 is 19.7 Å². The Morgan fingerprint density at radius 2 is 1.58 bits per heavy atom. The average Bonchev–Trinajstić information content (AvgIpc) is 3.33. The molecule has 1 aliphatic carbocycles. The van der Waals surface area contributed by atoms with Crippen molar-refractivity contribution >= 4 is 23.8 Å². The van der Waals surface area contributed by atoms with E-state index in [2.05, 4.69) is 118 Å². The molecular formula is C54H60N4O6. The van der Waals surface area contributed by atoms with E-state index in [-0.39, 0.29) is 23.3 Å². The summed E-state index contributed by atoms with van der Waals surface area (Å²) in [4.78, 5) is 43.0. The summed E-state index contributed by atoms with van der Waals surface area (Å²) in [6.45, 7) is 6.89. The minimum Gasteiger partial charge on any atom is -0.494 e. The number of ether oxygens (including phenoxy) is 3. The third-order valence-corrected chi connectivity index (χ3v) is 14.0. The highest BCUT2D eigenvalue weighted by Gasteiger charge is 2.40. The highest BCUT2D eigenvalue weighted by Crippen LogP contribution is 2.47. The smallest absolute Gasteiger partial charge is 0.243 e. The summed E-state index contributed by atoms with van der Waals surface area (Å²) in [5, 5.41) is 2.44. The van der Waals surface area contributed by atoms with Crippen molar-refractivity contribution < 1.29 is 28.6 Å². The summed E-state index contributed by atoms with van der Waals surface area (Å²) in [5.74, 6) is 1.94. The highest BCUT2D eigenvalue weighted by molar-refractivity contribution is 6.00. The van der Waals surface area contributed by atoms with Gasteiger partial charge in [0.05, 0.1) is 24.9 Å². The number of fused-ring (bicyclic) bond motifs is 1. The SMILES string of the molecule is CN(Cc1cc(N2CCC3(CC2)CN(CCCOc2ccc(C4c5ccc(OCc6ccccc6)cc5CCC4c4ccccc4)cc2)CCO3)ccc1C=O)C1CCC(=O)NC1=O. The zero-order chi connectivity index (χ0) is 43.9. The lowest BCUT2D eigenvalue weighted by Gasteiger charge is -2.48. The van der Waals surface area contributed by atoms with Crippen molar-refractivity contribution in [3.63, 3.8) is 0 Å². The van der Waals surface area contributed by atoms with Gasteiger partial charge in [-0.3, -0.25) is 29.5 Å². The van der Waals surface area contributed by atoms with Crippen LogP contribution in [-0.2, 0) is 33.9 Å². The van der Waals surface area contributed by atoms with Gasteiger partial charge in [0.2, 0.25) is 11.8 Å². The molecule has 0 aromatic heterocycles. The van der Waals surface area contributed by atoms with E-state index >= 15 is 0 Å². The molecule has 1 N–H and O–H groups in total. The van der Waals surface area contributed by atoms with Crippen molar-refractivity contribution in [2.75, 3.05) is 57.9 Å². The number of rotatable bonds is 15. The lowest BCUT2D eigenvalue weighted by molar-refractivity contribution is -0.137. The Bertz CT molecular complexity index is 2380. The zero-order valence-corrected chi connectivity index (χ0v) is 37.0. The number of likely N-dealkylation sites (N-methyl/N-ethyl adjacent to an activating group) is 1. The molecule has 3 aliphatic heterocycles. The summed E-state index contributed by atoms with van der Waals surface area (Å²) in [6.07, 6.45) is 6.56. The first kappa shape index (κ1) is 43.4. The first-order chi connectivity index (χ1) is 31.3. The Morgan fingerprint density at radius 1 is 0.812 bits per heavy atom. The largest absolute Gasteiger partial charge is 0.494 e. The second-order valence-electron chi connectivity index (χ2n) is 18.1. The van der Waals surface area contributed by atoms with Crippen LogP contribution in [0.25, 0.3) is 0 Å². The van der Waals surface area contributed by atoms with Crippen molar-refractivity contribution in [3.8, 4) is 11.5 Å². The van der Waals surface area contributed by atoms with Gasteiger partial charge in [-0.2, -0.15) is 0 Å². The Kier molecular flexibility index (Phi) is 13.5. The van der Waals surface area contributed by atoms with Gasteiger partial charge in [-0.25, -0.2) is 0 Å². The third kappa shape index (κ3) is 10.1. The van der Waals surface area contributed by atoms with Crippen molar-refractivity contribution in [2.45, 2.75) is 81.6 Å². The molecule has 64 heavy (non-hydrogen) atoms. The number of hydrogen-bond donors (Lipinski definition) is 1. The van der Waals surface area contributed by atoms with E-state index < -0.39 is 6.04 Å². The van der Waals surface area contributed by atoms with Crippen LogP contribution in [0, 0.1) is 0 Å². The molecule has 3 atom stereocenters. The molecule has 4 aliphatic rings. The maximum Gasteiger partial charge on any atom is 0.243 e. The van der Waals surface area contributed by atoms with Gasteiger partial charge in [-0.1, -0.05) is 78.9 Å². The minimum atomic E-state index is -0.401. The number of hydrogen-bond acceptors (Lipinski definition) is 9. The number of anilines is 1. The van der Waals surface area contributed by atoms with Gasteiger partial charge < -0.3 is 19.1 Å². The van der Waals surface area contributed by atoms with Gasteiger partial charge in [0.15, 0.2) is 0 Å². The molecule has 3 saturated heterocycles. The predicted molar refractivity (Wildman–Crippen MR) is 249 cm³/mol. The van der Waals surface area contributed by atoms with E-state index in [9.17, 15) is 14.4 Å². The normalized spacial score (nSPS) is 21.0. The molecule has 0 bridgehead atoms. The topological polar surface area (TPSA) is 101 Å². The van der Waals surface area contributed by atoms with Crippen LogP contribution in [-0.4, -0.2) is 92.5 Å². The molecule has 5 aromatic rings. The Labute approximate surface area is 377 Å². The number of carbonyl (C=O) groups is 3. The predicted octanol–water partition coefficient (Wildman–Crippen LogP) is 8.32. The standard InChI is InChI=1S/C54H60N4O6/c1-56(50-23-24-51(60)55-53(50)61)35-44-33-45(17-13-43(44)36-59)58-28-25-54(26-29-58)38-57(30-32-64-54)27-8-31-62-46-18-14-41(15-19-46)52-48(40-11-6-3-7-12-40)21-16-42-34-47(20-22-49(42)52)63-37-39-9-4-2-5-10-39/h2-7,9-15,17-20,22,33-34,36,48,50,52H,8,16,21,23-32,35,37-38H2,1H3,(H,55,60,61). The van der Waals surface area contributed by atoms with Crippen LogP contribution in [0.5, 0.6) is 11.5 Å². The first-order valence-corrected chi connectivity index (χ1v) is 23.1. The van der Waals surface area contributed by atoms with Gasteiger partial charge in [-0.05, 0) is 127 Å². The van der Waals surface area contributed by atoms with Crippen LogP contribution in [0.1, 0.15) is 94.1 Å². The Hall–Kier alpha value is -5.81. The van der Waals surface area contributed by atoms with Crippen molar-refractivity contribution in [1.82, 2.24) is 15.1 Å². The summed E-state index contributed by atoms with van der Waals surface area (Å²) >= 11 is 0. The highest BCUT2D eigenvalue weighted by atomic mass is 16.5. The number of piperidine rings is 2. The van der Waals surface area contributed by atoms with E-state index in [4.69, 9.17) is 14.2 Å². The second kappa shape index (κ2) is 19.9. The Balaban J connectivity index is 0.773. The molecule has 0 saturated carbocycles.